The third kappa shape index (κ3) is 4.88. The first-order valence-electron chi connectivity index (χ1n) is 5.07. The monoisotopic (exact) mass is 230 g/mol. The second kappa shape index (κ2) is 6.22. The minimum absolute atomic E-state index is 0.0236. The fraction of sp³-hybridized carbons (Fsp3) is 0.700. The summed E-state index contributed by atoms with van der Waals surface area (Å²) in [5.74, 6) is -2.35. The molecular weight excluding hydrogens is 212 g/mol. The van der Waals surface area contributed by atoms with Crippen molar-refractivity contribution in [3.8, 4) is 0 Å². The van der Waals surface area contributed by atoms with Crippen LogP contribution in [0.15, 0.2) is 0 Å². The minimum atomic E-state index is -1.11. The number of carboxylic acid groups (broad SMARTS) is 1. The predicted octanol–water partition coefficient (Wildman–Crippen LogP) is -0.482. The highest BCUT2D eigenvalue weighted by Crippen LogP contribution is 2.04. The van der Waals surface area contributed by atoms with Gasteiger partial charge >= 0.3 is 5.97 Å². The molecule has 0 saturated heterocycles. The summed E-state index contributed by atoms with van der Waals surface area (Å²) < 4.78 is 0. The van der Waals surface area contributed by atoms with Crippen LogP contribution in [0, 0.1) is 5.92 Å². The van der Waals surface area contributed by atoms with E-state index in [1.54, 1.807) is 13.8 Å². The molecule has 0 aromatic carbocycles. The lowest BCUT2D eigenvalue weighted by Crippen LogP contribution is -2.42. The lowest BCUT2D eigenvalue weighted by molar-refractivity contribution is -0.142. The van der Waals surface area contributed by atoms with Gasteiger partial charge in [0.2, 0.25) is 5.91 Å². The summed E-state index contributed by atoms with van der Waals surface area (Å²) in [6.07, 6.45) is 0.0236. The standard InChI is InChI=1S/C10H18N2O4/c1-5(4-8(13)6(2)11)9(14)12-7(3)10(15)16/h5-7H,4,11H2,1-3H3,(H,12,14)(H,15,16)/t5-,6+,7+/m1/s1. The SMILES string of the molecule is C[C@H](N)C(=O)C[C@@H](C)C(=O)N[C@@H](C)C(=O)O. The quantitative estimate of drug-likeness (QED) is 0.571. The van der Waals surface area contributed by atoms with Gasteiger partial charge in [0.1, 0.15) is 11.8 Å². The van der Waals surface area contributed by atoms with Crippen molar-refractivity contribution in [1.29, 1.82) is 0 Å². The van der Waals surface area contributed by atoms with Gasteiger partial charge in [-0.2, -0.15) is 0 Å². The first-order chi connectivity index (χ1) is 7.25. The Labute approximate surface area is 94.2 Å². The van der Waals surface area contributed by atoms with Crippen LogP contribution in [0.1, 0.15) is 27.2 Å². The first-order valence-corrected chi connectivity index (χ1v) is 5.07. The van der Waals surface area contributed by atoms with E-state index in [-0.39, 0.29) is 12.2 Å². The van der Waals surface area contributed by atoms with E-state index in [1.165, 1.54) is 6.92 Å². The lowest BCUT2D eigenvalue weighted by Gasteiger charge is -2.14. The van der Waals surface area contributed by atoms with Gasteiger partial charge in [0.05, 0.1) is 6.04 Å². The number of amides is 1. The second-order valence-electron chi connectivity index (χ2n) is 3.93. The van der Waals surface area contributed by atoms with Gasteiger partial charge in [0.25, 0.3) is 0 Å². The van der Waals surface area contributed by atoms with Gasteiger partial charge in [-0.05, 0) is 13.8 Å². The van der Waals surface area contributed by atoms with Crippen molar-refractivity contribution in [2.75, 3.05) is 0 Å². The van der Waals surface area contributed by atoms with Crippen LogP contribution in [0.4, 0.5) is 0 Å². The van der Waals surface area contributed by atoms with Crippen molar-refractivity contribution in [2.45, 2.75) is 39.3 Å². The lowest BCUT2D eigenvalue weighted by atomic mass is 10.0. The molecular formula is C10H18N2O4. The minimum Gasteiger partial charge on any atom is -0.480 e. The number of aliphatic carboxylic acids is 1. The zero-order valence-corrected chi connectivity index (χ0v) is 9.69. The number of nitrogens with one attached hydrogen (secondary N) is 1. The molecule has 0 bridgehead atoms. The van der Waals surface area contributed by atoms with Crippen LogP contribution in [0.2, 0.25) is 0 Å². The van der Waals surface area contributed by atoms with Crippen LogP contribution >= 0.6 is 0 Å². The molecule has 16 heavy (non-hydrogen) atoms. The van der Waals surface area contributed by atoms with Gasteiger partial charge in [-0.15, -0.1) is 0 Å². The van der Waals surface area contributed by atoms with E-state index in [1.807, 2.05) is 0 Å². The maximum absolute atomic E-state index is 11.4. The molecule has 0 unspecified atom stereocenters. The molecule has 0 spiro atoms. The number of Topliss-reactive ketones (excluding diaryl/α,β-unsaturated/α-hetero) is 1. The Morgan fingerprint density at radius 3 is 2.12 bits per heavy atom. The van der Waals surface area contributed by atoms with E-state index in [0.29, 0.717) is 0 Å². The molecule has 3 atom stereocenters. The van der Waals surface area contributed by atoms with Crippen molar-refractivity contribution in [3.63, 3.8) is 0 Å². The van der Waals surface area contributed by atoms with Crippen LogP contribution < -0.4 is 11.1 Å². The summed E-state index contributed by atoms with van der Waals surface area (Å²) >= 11 is 0. The number of nitrogens with two attached hydrogens (primary N) is 1. The highest BCUT2D eigenvalue weighted by Gasteiger charge is 2.22. The van der Waals surface area contributed by atoms with Crippen LogP contribution in [0.3, 0.4) is 0 Å². The molecule has 0 aliphatic carbocycles. The molecule has 6 nitrogen and oxygen atoms in total. The molecule has 92 valence electrons. The fourth-order valence-electron chi connectivity index (χ4n) is 0.998. The van der Waals surface area contributed by atoms with E-state index in [0.717, 1.165) is 0 Å². The summed E-state index contributed by atoms with van der Waals surface area (Å²) in [7, 11) is 0. The average molecular weight is 230 g/mol. The average Bonchev–Trinajstić information content (AvgIpc) is 2.16. The number of carboxylic acids is 1. The molecule has 0 rings (SSSR count). The van der Waals surface area contributed by atoms with Crippen LogP contribution in [0.5, 0.6) is 0 Å². The molecule has 0 aromatic heterocycles. The Morgan fingerprint density at radius 1 is 1.25 bits per heavy atom. The summed E-state index contributed by atoms with van der Waals surface area (Å²) in [6, 6.07) is -1.56. The van der Waals surface area contributed by atoms with Crippen LogP contribution in [-0.2, 0) is 14.4 Å². The van der Waals surface area contributed by atoms with E-state index >= 15 is 0 Å². The van der Waals surface area contributed by atoms with Crippen molar-refractivity contribution in [3.05, 3.63) is 0 Å². The van der Waals surface area contributed by atoms with E-state index in [4.69, 9.17) is 10.8 Å². The van der Waals surface area contributed by atoms with Crippen molar-refractivity contribution < 1.29 is 19.5 Å². The maximum atomic E-state index is 11.4. The number of carbonyl (C=O) groups excluding carboxylic acids is 2. The highest BCUT2D eigenvalue weighted by molar-refractivity contribution is 5.90. The summed E-state index contributed by atoms with van der Waals surface area (Å²) in [5, 5.41) is 10.9. The molecule has 0 aliphatic heterocycles. The Kier molecular flexibility index (Phi) is 5.66. The number of hydrogen-bond donors (Lipinski definition) is 3. The van der Waals surface area contributed by atoms with Crippen LogP contribution in [-0.4, -0.2) is 34.8 Å². The molecule has 4 N–H and O–H groups in total. The van der Waals surface area contributed by atoms with E-state index in [2.05, 4.69) is 5.32 Å². The van der Waals surface area contributed by atoms with Crippen molar-refractivity contribution in [2.24, 2.45) is 11.7 Å². The van der Waals surface area contributed by atoms with Gasteiger partial charge in [-0.25, -0.2) is 0 Å². The topological polar surface area (TPSA) is 109 Å². The fourth-order valence-corrected chi connectivity index (χ4v) is 0.998. The first kappa shape index (κ1) is 14.6. The summed E-state index contributed by atoms with van der Waals surface area (Å²) in [4.78, 5) is 33.2. The van der Waals surface area contributed by atoms with Crippen molar-refractivity contribution in [1.82, 2.24) is 5.32 Å². The summed E-state index contributed by atoms with van der Waals surface area (Å²) in [5.41, 5.74) is 5.36. The maximum Gasteiger partial charge on any atom is 0.325 e. The Morgan fingerprint density at radius 2 is 1.75 bits per heavy atom. The Hall–Kier alpha value is -1.43. The van der Waals surface area contributed by atoms with Gasteiger partial charge in [-0.1, -0.05) is 6.92 Å². The Balaban J connectivity index is 4.19. The second-order valence-corrected chi connectivity index (χ2v) is 3.93. The summed E-state index contributed by atoms with van der Waals surface area (Å²) in [6.45, 7) is 4.47. The molecule has 0 aromatic rings. The predicted molar refractivity (Wildman–Crippen MR) is 57.7 cm³/mol. The molecule has 0 fully saturated rings. The van der Waals surface area contributed by atoms with Crippen molar-refractivity contribution >= 4 is 17.7 Å². The molecule has 0 radical (unpaired) electrons. The van der Waals surface area contributed by atoms with Crippen LogP contribution in [0.25, 0.3) is 0 Å². The largest absolute Gasteiger partial charge is 0.480 e. The molecule has 6 heteroatoms. The van der Waals surface area contributed by atoms with Gasteiger partial charge in [0.15, 0.2) is 0 Å². The number of ketones is 1. The number of hydrogen-bond acceptors (Lipinski definition) is 4. The van der Waals surface area contributed by atoms with E-state index < -0.39 is 29.9 Å². The Bertz CT molecular complexity index is 289. The number of rotatable bonds is 6. The molecule has 0 aliphatic rings. The third-order valence-electron chi connectivity index (χ3n) is 2.19. The zero-order chi connectivity index (χ0) is 12.9. The highest BCUT2D eigenvalue weighted by atomic mass is 16.4. The van der Waals surface area contributed by atoms with Gasteiger partial charge in [0, 0.05) is 12.3 Å². The third-order valence-corrected chi connectivity index (χ3v) is 2.19. The van der Waals surface area contributed by atoms with Gasteiger partial charge in [-0.3, -0.25) is 14.4 Å². The normalized spacial score (nSPS) is 16.0. The van der Waals surface area contributed by atoms with E-state index in [9.17, 15) is 14.4 Å². The van der Waals surface area contributed by atoms with Gasteiger partial charge < -0.3 is 16.2 Å². The molecule has 1 amide bonds. The molecule has 0 saturated carbocycles. The number of carbonyl (C=O) groups is 3. The molecule has 0 heterocycles. The smallest absolute Gasteiger partial charge is 0.325 e. The zero-order valence-electron chi connectivity index (χ0n) is 9.69.